The second-order valence-corrected chi connectivity index (χ2v) is 4.68. The number of rotatable bonds is 3. The standard InChI is InChI=1S/C13H16F3N/c1-2-8-3-4-10(5-8)17-12-7-9(14)6-11(15)13(12)16/h6-8,10,17H,2-5H2,1H3. The molecule has 0 saturated heterocycles. The van der Waals surface area contributed by atoms with Crippen LogP contribution in [0.15, 0.2) is 12.1 Å². The maximum Gasteiger partial charge on any atom is 0.182 e. The lowest BCUT2D eigenvalue weighted by Gasteiger charge is -2.15. The van der Waals surface area contributed by atoms with Crippen LogP contribution in [0.5, 0.6) is 0 Å². The monoisotopic (exact) mass is 243 g/mol. The van der Waals surface area contributed by atoms with Gasteiger partial charge in [-0.1, -0.05) is 13.3 Å². The Morgan fingerprint density at radius 1 is 1.24 bits per heavy atom. The first-order chi connectivity index (χ1) is 8.10. The van der Waals surface area contributed by atoms with E-state index in [1.165, 1.54) is 0 Å². The predicted molar refractivity (Wildman–Crippen MR) is 61.4 cm³/mol. The quantitative estimate of drug-likeness (QED) is 0.788. The number of anilines is 1. The van der Waals surface area contributed by atoms with Gasteiger partial charge in [0.15, 0.2) is 11.6 Å². The molecule has 1 N–H and O–H groups in total. The minimum atomic E-state index is -1.14. The molecule has 1 fully saturated rings. The Labute approximate surface area is 99.0 Å². The first-order valence-electron chi connectivity index (χ1n) is 6.01. The third-order valence-corrected chi connectivity index (χ3v) is 3.47. The lowest BCUT2D eigenvalue weighted by Crippen LogP contribution is -2.17. The third-order valence-electron chi connectivity index (χ3n) is 3.47. The summed E-state index contributed by atoms with van der Waals surface area (Å²) in [7, 11) is 0. The molecular formula is C13H16F3N. The summed E-state index contributed by atoms with van der Waals surface area (Å²) in [6.07, 6.45) is 4.05. The molecule has 1 aliphatic carbocycles. The molecule has 17 heavy (non-hydrogen) atoms. The molecule has 1 aromatic carbocycles. The van der Waals surface area contributed by atoms with E-state index in [0.29, 0.717) is 12.0 Å². The van der Waals surface area contributed by atoms with Crippen LogP contribution in [0.4, 0.5) is 18.9 Å². The molecule has 1 aromatic rings. The van der Waals surface area contributed by atoms with E-state index in [1.54, 1.807) is 0 Å². The van der Waals surface area contributed by atoms with E-state index in [1.807, 2.05) is 0 Å². The second kappa shape index (κ2) is 4.98. The summed E-state index contributed by atoms with van der Waals surface area (Å²) in [4.78, 5) is 0. The SMILES string of the molecule is CCC1CCC(Nc2cc(F)cc(F)c2F)C1. The van der Waals surface area contributed by atoms with Crippen LogP contribution in [-0.2, 0) is 0 Å². The van der Waals surface area contributed by atoms with Gasteiger partial charge in [-0.3, -0.25) is 0 Å². The summed E-state index contributed by atoms with van der Waals surface area (Å²) in [6.45, 7) is 2.12. The Balaban J connectivity index is 2.09. The molecule has 0 aromatic heterocycles. The number of hydrogen-bond donors (Lipinski definition) is 1. The normalized spacial score (nSPS) is 24.0. The van der Waals surface area contributed by atoms with Crippen LogP contribution in [0, 0.1) is 23.4 Å². The van der Waals surface area contributed by atoms with E-state index in [4.69, 9.17) is 0 Å². The van der Waals surface area contributed by atoms with Gasteiger partial charge in [0.05, 0.1) is 5.69 Å². The van der Waals surface area contributed by atoms with E-state index < -0.39 is 17.5 Å². The summed E-state index contributed by atoms with van der Waals surface area (Å²) in [5.74, 6) is -2.26. The predicted octanol–water partition coefficient (Wildman–Crippen LogP) is 4.09. The fourth-order valence-corrected chi connectivity index (χ4v) is 2.46. The van der Waals surface area contributed by atoms with Crippen molar-refractivity contribution in [3.8, 4) is 0 Å². The first-order valence-corrected chi connectivity index (χ1v) is 6.01. The highest BCUT2D eigenvalue weighted by Crippen LogP contribution is 2.31. The Bertz CT molecular complexity index is 406. The molecule has 0 amide bonds. The average molecular weight is 243 g/mol. The van der Waals surface area contributed by atoms with Gasteiger partial charge in [0.25, 0.3) is 0 Å². The van der Waals surface area contributed by atoms with Crippen LogP contribution in [0.1, 0.15) is 32.6 Å². The van der Waals surface area contributed by atoms with Crippen molar-refractivity contribution in [3.05, 3.63) is 29.6 Å². The molecule has 2 rings (SSSR count). The molecule has 1 nitrogen and oxygen atoms in total. The van der Waals surface area contributed by atoms with Crippen molar-refractivity contribution in [3.63, 3.8) is 0 Å². The minimum absolute atomic E-state index is 0.0655. The van der Waals surface area contributed by atoms with Crippen molar-refractivity contribution in [2.45, 2.75) is 38.6 Å². The zero-order valence-corrected chi connectivity index (χ0v) is 9.77. The van der Waals surface area contributed by atoms with E-state index in [-0.39, 0.29) is 11.7 Å². The van der Waals surface area contributed by atoms with E-state index in [0.717, 1.165) is 31.7 Å². The molecule has 0 bridgehead atoms. The zero-order chi connectivity index (χ0) is 12.4. The van der Waals surface area contributed by atoms with Crippen molar-refractivity contribution in [1.82, 2.24) is 0 Å². The lowest BCUT2D eigenvalue weighted by atomic mass is 10.1. The second-order valence-electron chi connectivity index (χ2n) is 4.68. The van der Waals surface area contributed by atoms with Gasteiger partial charge in [-0.25, -0.2) is 13.2 Å². The van der Waals surface area contributed by atoms with Gasteiger partial charge in [0.2, 0.25) is 0 Å². The minimum Gasteiger partial charge on any atom is -0.380 e. The molecule has 0 aliphatic heterocycles. The Morgan fingerprint density at radius 2 is 2.00 bits per heavy atom. The van der Waals surface area contributed by atoms with Gasteiger partial charge in [-0.2, -0.15) is 0 Å². The summed E-state index contributed by atoms with van der Waals surface area (Å²) in [5.41, 5.74) is -0.0655. The number of nitrogens with one attached hydrogen (secondary N) is 1. The molecule has 1 saturated carbocycles. The molecule has 1 aliphatic rings. The van der Waals surface area contributed by atoms with E-state index in [9.17, 15) is 13.2 Å². The van der Waals surface area contributed by atoms with Gasteiger partial charge in [0, 0.05) is 18.2 Å². The first kappa shape index (κ1) is 12.3. The summed E-state index contributed by atoms with van der Waals surface area (Å²) < 4.78 is 39.4. The fraction of sp³-hybridized carbons (Fsp3) is 0.538. The zero-order valence-electron chi connectivity index (χ0n) is 9.77. The highest BCUT2D eigenvalue weighted by atomic mass is 19.2. The Hall–Kier alpha value is -1.19. The van der Waals surface area contributed by atoms with E-state index >= 15 is 0 Å². The molecular weight excluding hydrogens is 227 g/mol. The largest absolute Gasteiger partial charge is 0.380 e. The van der Waals surface area contributed by atoms with Crippen molar-refractivity contribution in [2.24, 2.45) is 5.92 Å². The van der Waals surface area contributed by atoms with Crippen LogP contribution >= 0.6 is 0 Å². The van der Waals surface area contributed by atoms with Crippen LogP contribution in [0.25, 0.3) is 0 Å². The topological polar surface area (TPSA) is 12.0 Å². The highest BCUT2D eigenvalue weighted by molar-refractivity contribution is 5.46. The van der Waals surface area contributed by atoms with Crippen molar-refractivity contribution >= 4 is 5.69 Å². The van der Waals surface area contributed by atoms with Gasteiger partial charge >= 0.3 is 0 Å². The smallest absolute Gasteiger partial charge is 0.182 e. The third kappa shape index (κ3) is 2.73. The molecule has 0 heterocycles. The molecule has 2 unspecified atom stereocenters. The summed E-state index contributed by atoms with van der Waals surface area (Å²) in [6, 6.07) is 1.69. The molecule has 94 valence electrons. The molecule has 2 atom stereocenters. The molecule has 0 radical (unpaired) electrons. The Kier molecular flexibility index (Phi) is 3.60. The Morgan fingerprint density at radius 3 is 2.65 bits per heavy atom. The number of halogens is 3. The van der Waals surface area contributed by atoms with Crippen LogP contribution in [0.2, 0.25) is 0 Å². The maximum absolute atomic E-state index is 13.4. The van der Waals surface area contributed by atoms with Gasteiger partial charge in [-0.05, 0) is 25.2 Å². The molecule has 0 spiro atoms. The van der Waals surface area contributed by atoms with Gasteiger partial charge in [-0.15, -0.1) is 0 Å². The van der Waals surface area contributed by atoms with Crippen molar-refractivity contribution in [1.29, 1.82) is 0 Å². The summed E-state index contributed by atoms with van der Waals surface area (Å²) in [5, 5.41) is 2.90. The summed E-state index contributed by atoms with van der Waals surface area (Å²) >= 11 is 0. The molecule has 4 heteroatoms. The van der Waals surface area contributed by atoms with Gasteiger partial charge < -0.3 is 5.32 Å². The van der Waals surface area contributed by atoms with Crippen LogP contribution in [-0.4, -0.2) is 6.04 Å². The van der Waals surface area contributed by atoms with Crippen LogP contribution < -0.4 is 5.32 Å². The maximum atomic E-state index is 13.4. The van der Waals surface area contributed by atoms with Crippen molar-refractivity contribution in [2.75, 3.05) is 5.32 Å². The lowest BCUT2D eigenvalue weighted by molar-refractivity contribution is 0.494. The number of hydrogen-bond acceptors (Lipinski definition) is 1. The fourth-order valence-electron chi connectivity index (χ4n) is 2.46. The van der Waals surface area contributed by atoms with E-state index in [2.05, 4.69) is 12.2 Å². The average Bonchev–Trinajstić information content (AvgIpc) is 2.73. The van der Waals surface area contributed by atoms with Gasteiger partial charge in [0.1, 0.15) is 5.82 Å². The van der Waals surface area contributed by atoms with Crippen molar-refractivity contribution < 1.29 is 13.2 Å². The highest BCUT2D eigenvalue weighted by Gasteiger charge is 2.24. The number of benzene rings is 1. The van der Waals surface area contributed by atoms with Crippen LogP contribution in [0.3, 0.4) is 0 Å².